The molecular weight excluding hydrogens is 370 g/mol. The van der Waals surface area contributed by atoms with Crippen LogP contribution in [0.25, 0.3) is 11.8 Å². The van der Waals surface area contributed by atoms with Crippen molar-refractivity contribution in [1.82, 2.24) is 14.8 Å². The Labute approximate surface area is 162 Å². The van der Waals surface area contributed by atoms with Gasteiger partial charge in [0.25, 0.3) is 11.8 Å². The number of hydrogen-bond acceptors (Lipinski definition) is 3. The summed E-state index contributed by atoms with van der Waals surface area (Å²) < 4.78 is 2.04. The fourth-order valence-corrected chi connectivity index (χ4v) is 3.30. The third-order valence-corrected chi connectivity index (χ3v) is 5.27. The van der Waals surface area contributed by atoms with Gasteiger partial charge in [0, 0.05) is 29.1 Å². The molecule has 1 aromatic heterocycles. The molecule has 0 aliphatic carbocycles. The summed E-state index contributed by atoms with van der Waals surface area (Å²) in [5.41, 5.74) is 4.66. The molecule has 134 valence electrons. The van der Waals surface area contributed by atoms with Gasteiger partial charge in [0.05, 0.1) is 0 Å². The lowest BCUT2D eigenvalue weighted by Crippen LogP contribution is -2.52. The molecular formula is C19H18ClN3O2S. The minimum absolute atomic E-state index is 0.0586. The number of aryl methyl sites for hydroxylation is 2. The van der Waals surface area contributed by atoms with E-state index in [1.165, 1.54) is 11.9 Å². The zero-order valence-electron chi connectivity index (χ0n) is 14.9. The quantitative estimate of drug-likeness (QED) is 0.488. The molecule has 3 rings (SSSR count). The van der Waals surface area contributed by atoms with Crippen molar-refractivity contribution < 1.29 is 9.59 Å². The van der Waals surface area contributed by atoms with E-state index in [9.17, 15) is 9.59 Å². The summed E-state index contributed by atoms with van der Waals surface area (Å²) in [6, 6.07) is 7.79. The zero-order valence-corrected chi connectivity index (χ0v) is 16.5. The Morgan fingerprint density at radius 3 is 2.50 bits per heavy atom. The second kappa shape index (κ2) is 6.70. The maximum absolute atomic E-state index is 12.4. The van der Waals surface area contributed by atoms with E-state index in [-0.39, 0.29) is 10.7 Å². The van der Waals surface area contributed by atoms with E-state index in [4.69, 9.17) is 23.8 Å². The van der Waals surface area contributed by atoms with Crippen LogP contribution in [0.4, 0.5) is 0 Å². The molecule has 0 radical (unpaired) electrons. The van der Waals surface area contributed by atoms with E-state index in [2.05, 4.69) is 5.32 Å². The van der Waals surface area contributed by atoms with Gasteiger partial charge in [-0.15, -0.1) is 0 Å². The molecule has 0 atom stereocenters. The van der Waals surface area contributed by atoms with Gasteiger partial charge in [-0.2, -0.15) is 0 Å². The van der Waals surface area contributed by atoms with E-state index in [0.717, 1.165) is 28.2 Å². The van der Waals surface area contributed by atoms with E-state index in [1.54, 1.807) is 6.08 Å². The highest BCUT2D eigenvalue weighted by atomic mass is 35.5. The first-order valence-electron chi connectivity index (χ1n) is 8.01. The Morgan fingerprint density at radius 1 is 1.15 bits per heavy atom. The Balaban J connectivity index is 2.08. The van der Waals surface area contributed by atoms with Gasteiger partial charge in [0.2, 0.25) is 0 Å². The van der Waals surface area contributed by atoms with Crippen molar-refractivity contribution >= 4 is 46.8 Å². The lowest BCUT2D eigenvalue weighted by Gasteiger charge is -2.25. The van der Waals surface area contributed by atoms with Crippen LogP contribution in [0.1, 0.15) is 22.5 Å². The molecule has 5 nitrogen and oxygen atoms in total. The number of amides is 2. The fraction of sp³-hybridized carbons (Fsp3) is 0.211. The smallest absolute Gasteiger partial charge is 0.265 e. The van der Waals surface area contributed by atoms with Crippen LogP contribution in [0.2, 0.25) is 5.02 Å². The van der Waals surface area contributed by atoms with E-state index < -0.39 is 11.8 Å². The second-order valence-electron chi connectivity index (χ2n) is 6.28. The third-order valence-electron chi connectivity index (χ3n) is 4.49. The van der Waals surface area contributed by atoms with Gasteiger partial charge in [-0.3, -0.25) is 19.8 Å². The number of hydrogen-bond donors (Lipinski definition) is 1. The van der Waals surface area contributed by atoms with Gasteiger partial charge in [0.1, 0.15) is 5.57 Å². The van der Waals surface area contributed by atoms with Crippen molar-refractivity contribution in [3.8, 4) is 5.69 Å². The molecule has 1 saturated heterocycles. The molecule has 1 aliphatic heterocycles. The minimum atomic E-state index is -0.485. The summed E-state index contributed by atoms with van der Waals surface area (Å²) in [4.78, 5) is 25.8. The van der Waals surface area contributed by atoms with Crippen LogP contribution < -0.4 is 5.32 Å². The van der Waals surface area contributed by atoms with Crippen molar-refractivity contribution in [2.24, 2.45) is 0 Å². The molecule has 0 saturated carbocycles. The summed E-state index contributed by atoms with van der Waals surface area (Å²) in [6.07, 6.45) is 1.60. The first-order chi connectivity index (χ1) is 12.2. The highest BCUT2D eigenvalue weighted by molar-refractivity contribution is 7.80. The molecule has 0 unspecified atom stereocenters. The van der Waals surface area contributed by atoms with Crippen LogP contribution >= 0.6 is 23.8 Å². The fourth-order valence-electron chi connectivity index (χ4n) is 2.95. The number of carbonyl (C=O) groups excluding carboxylic acids is 2. The number of carbonyl (C=O) groups is 2. The number of rotatable bonds is 2. The molecule has 0 spiro atoms. The normalized spacial score (nSPS) is 16.4. The van der Waals surface area contributed by atoms with Gasteiger partial charge < -0.3 is 4.57 Å². The Hall–Kier alpha value is -2.44. The monoisotopic (exact) mass is 387 g/mol. The molecule has 2 heterocycles. The predicted octanol–water partition coefficient (Wildman–Crippen LogP) is 3.31. The standard InChI is InChI=1S/C19H18ClN3O2S/c1-10-5-6-14(9-16(10)20)23-11(2)7-13(12(23)3)8-15-17(24)21-19(26)22(4)18(15)25/h5-9H,1-4H3,(H,21,24,26)/b15-8-. The minimum Gasteiger partial charge on any atom is -0.318 e. The maximum Gasteiger partial charge on any atom is 0.265 e. The summed E-state index contributed by atoms with van der Waals surface area (Å²) in [5, 5.41) is 3.32. The van der Waals surface area contributed by atoms with Crippen LogP contribution in [0.3, 0.4) is 0 Å². The van der Waals surface area contributed by atoms with Crippen molar-refractivity contribution in [2.45, 2.75) is 20.8 Å². The molecule has 26 heavy (non-hydrogen) atoms. The Kier molecular flexibility index (Phi) is 4.73. The average molecular weight is 388 g/mol. The first kappa shape index (κ1) is 18.4. The predicted molar refractivity (Wildman–Crippen MR) is 106 cm³/mol. The van der Waals surface area contributed by atoms with Gasteiger partial charge in [-0.1, -0.05) is 17.7 Å². The van der Waals surface area contributed by atoms with Gasteiger partial charge in [0.15, 0.2) is 5.11 Å². The molecule has 2 aromatic rings. The summed E-state index contributed by atoms with van der Waals surface area (Å²) in [7, 11) is 1.54. The van der Waals surface area contributed by atoms with Crippen LogP contribution in [0.5, 0.6) is 0 Å². The van der Waals surface area contributed by atoms with E-state index >= 15 is 0 Å². The van der Waals surface area contributed by atoms with Crippen LogP contribution in [0.15, 0.2) is 29.8 Å². The number of likely N-dealkylation sites (N-methyl/N-ethyl adjacent to an activating group) is 1. The van der Waals surface area contributed by atoms with Crippen molar-refractivity contribution in [3.63, 3.8) is 0 Å². The number of halogens is 1. The van der Waals surface area contributed by atoms with Gasteiger partial charge >= 0.3 is 0 Å². The Bertz CT molecular complexity index is 991. The summed E-state index contributed by atoms with van der Waals surface area (Å²) in [5.74, 6) is -0.900. The number of benzene rings is 1. The topological polar surface area (TPSA) is 54.3 Å². The molecule has 1 aromatic carbocycles. The molecule has 0 bridgehead atoms. The molecule has 1 N–H and O–H groups in total. The Morgan fingerprint density at radius 2 is 1.85 bits per heavy atom. The molecule has 7 heteroatoms. The molecule has 1 aliphatic rings. The van der Waals surface area contributed by atoms with Crippen molar-refractivity contribution in [3.05, 3.63) is 57.4 Å². The van der Waals surface area contributed by atoms with Crippen LogP contribution in [-0.4, -0.2) is 33.4 Å². The lowest BCUT2D eigenvalue weighted by atomic mass is 10.1. The van der Waals surface area contributed by atoms with Gasteiger partial charge in [-0.25, -0.2) is 0 Å². The van der Waals surface area contributed by atoms with Crippen LogP contribution in [-0.2, 0) is 9.59 Å². The number of nitrogens with zero attached hydrogens (tertiary/aromatic N) is 2. The number of nitrogens with one attached hydrogen (secondary N) is 1. The van der Waals surface area contributed by atoms with Crippen LogP contribution in [0, 0.1) is 20.8 Å². The lowest BCUT2D eigenvalue weighted by molar-refractivity contribution is -0.128. The summed E-state index contributed by atoms with van der Waals surface area (Å²) >= 11 is 11.2. The number of aromatic nitrogens is 1. The van der Waals surface area contributed by atoms with Crippen molar-refractivity contribution in [1.29, 1.82) is 0 Å². The maximum atomic E-state index is 12.4. The second-order valence-corrected chi connectivity index (χ2v) is 7.07. The zero-order chi connectivity index (χ0) is 19.2. The highest BCUT2D eigenvalue weighted by Gasteiger charge is 2.31. The van der Waals surface area contributed by atoms with Crippen molar-refractivity contribution in [2.75, 3.05) is 7.05 Å². The first-order valence-corrected chi connectivity index (χ1v) is 8.80. The summed E-state index contributed by atoms with van der Waals surface area (Å²) in [6.45, 7) is 5.85. The highest BCUT2D eigenvalue weighted by Crippen LogP contribution is 2.26. The van der Waals surface area contributed by atoms with E-state index in [0.29, 0.717) is 5.02 Å². The molecule has 1 fully saturated rings. The third kappa shape index (κ3) is 3.06. The molecule has 2 amide bonds. The largest absolute Gasteiger partial charge is 0.318 e. The average Bonchev–Trinajstić information content (AvgIpc) is 2.86. The SMILES string of the molecule is Cc1ccc(-n2c(C)cc(/C=C3/C(=O)NC(=S)N(C)C3=O)c2C)cc1Cl. The van der Waals surface area contributed by atoms with Gasteiger partial charge in [-0.05, 0) is 68.4 Å². The van der Waals surface area contributed by atoms with E-state index in [1.807, 2.05) is 49.6 Å². The number of thiocarbonyl (C=S) groups is 1.